The first-order valence-corrected chi connectivity index (χ1v) is 11.7. The van der Waals surface area contributed by atoms with Crippen LogP contribution in [0, 0.1) is 6.92 Å². The lowest BCUT2D eigenvalue weighted by Crippen LogP contribution is -2.41. The van der Waals surface area contributed by atoms with Crippen LogP contribution in [0.4, 0.5) is 0 Å². The maximum atomic E-state index is 12.8. The van der Waals surface area contributed by atoms with Crippen LogP contribution in [0.3, 0.4) is 0 Å². The Balaban J connectivity index is 0.00000512. The summed E-state index contributed by atoms with van der Waals surface area (Å²) in [5.41, 5.74) is 2.41. The van der Waals surface area contributed by atoms with Gasteiger partial charge >= 0.3 is 0 Å². The SMILES string of the molecule is CN=C(NCCc1cc(C)ccc1OC)NCc1ccccc1S(=O)(=O)NC(C)(C)C.I. The summed E-state index contributed by atoms with van der Waals surface area (Å²) in [7, 11) is -0.277. The van der Waals surface area contributed by atoms with Gasteiger partial charge in [-0.3, -0.25) is 4.99 Å². The number of guanidine groups is 1. The molecule has 3 N–H and O–H groups in total. The zero-order valence-electron chi connectivity index (χ0n) is 19.7. The molecule has 0 aliphatic carbocycles. The van der Waals surface area contributed by atoms with Gasteiger partial charge in [0.25, 0.3) is 0 Å². The van der Waals surface area contributed by atoms with Gasteiger partial charge in [-0.05, 0) is 57.4 Å². The Kier molecular flexibility index (Phi) is 10.9. The number of methoxy groups -OCH3 is 1. The summed E-state index contributed by atoms with van der Waals surface area (Å²) < 4.78 is 33.7. The number of nitrogens with one attached hydrogen (secondary N) is 3. The molecule has 0 aromatic heterocycles. The average Bonchev–Trinajstić information content (AvgIpc) is 2.69. The summed E-state index contributed by atoms with van der Waals surface area (Å²) in [6, 6.07) is 13.1. The third kappa shape index (κ3) is 8.59. The fourth-order valence-corrected chi connectivity index (χ4v) is 4.85. The van der Waals surface area contributed by atoms with Crippen LogP contribution in [0.15, 0.2) is 52.4 Å². The molecule has 0 bridgehead atoms. The third-order valence-corrected chi connectivity index (χ3v) is 6.35. The second-order valence-corrected chi connectivity index (χ2v) is 10.0. The summed E-state index contributed by atoms with van der Waals surface area (Å²) >= 11 is 0. The van der Waals surface area contributed by atoms with Gasteiger partial charge < -0.3 is 15.4 Å². The van der Waals surface area contributed by atoms with Crippen molar-refractivity contribution in [2.24, 2.45) is 4.99 Å². The normalized spacial score (nSPS) is 12.1. The van der Waals surface area contributed by atoms with Gasteiger partial charge in [-0.15, -0.1) is 24.0 Å². The Morgan fingerprint density at radius 1 is 1.06 bits per heavy atom. The van der Waals surface area contributed by atoms with Crippen LogP contribution >= 0.6 is 24.0 Å². The molecule has 2 rings (SSSR count). The molecule has 2 aromatic rings. The minimum absolute atomic E-state index is 0. The zero-order valence-corrected chi connectivity index (χ0v) is 22.8. The van der Waals surface area contributed by atoms with E-state index in [0.29, 0.717) is 24.6 Å². The van der Waals surface area contributed by atoms with Gasteiger partial charge in [-0.25, -0.2) is 13.1 Å². The molecule has 0 saturated heterocycles. The molecule has 0 saturated carbocycles. The summed E-state index contributed by atoms with van der Waals surface area (Å²) in [5, 5.41) is 6.48. The first-order chi connectivity index (χ1) is 14.6. The quantitative estimate of drug-likeness (QED) is 0.255. The number of aryl methyl sites for hydroxylation is 1. The molecule has 9 heteroatoms. The maximum Gasteiger partial charge on any atom is 0.241 e. The fourth-order valence-electron chi connectivity index (χ4n) is 3.19. The number of rotatable bonds is 8. The lowest BCUT2D eigenvalue weighted by molar-refractivity contribution is 0.409. The van der Waals surface area contributed by atoms with Crippen molar-refractivity contribution in [2.75, 3.05) is 20.7 Å². The first-order valence-electron chi connectivity index (χ1n) is 10.3. The number of nitrogens with zero attached hydrogens (tertiary/aromatic N) is 1. The molecule has 32 heavy (non-hydrogen) atoms. The number of benzene rings is 2. The van der Waals surface area contributed by atoms with Crippen molar-refractivity contribution in [3.8, 4) is 5.75 Å². The molecule has 0 aliphatic heterocycles. The number of ether oxygens (including phenoxy) is 1. The minimum Gasteiger partial charge on any atom is -0.496 e. The van der Waals surface area contributed by atoms with Crippen molar-refractivity contribution in [3.63, 3.8) is 0 Å². The fraction of sp³-hybridized carbons (Fsp3) is 0.435. The standard InChI is InChI=1S/C23H34N4O3S.HI/c1-17-11-12-20(30-6)18(15-17)13-14-25-22(24-5)26-16-19-9-7-8-10-21(19)31(28,29)27-23(2,3)4;/h7-12,15,27H,13-14,16H2,1-6H3,(H2,24,25,26);1H. The highest BCUT2D eigenvalue weighted by Crippen LogP contribution is 2.20. The topological polar surface area (TPSA) is 91.8 Å². The van der Waals surface area contributed by atoms with E-state index in [1.807, 2.05) is 39.0 Å². The molecule has 0 heterocycles. The van der Waals surface area contributed by atoms with E-state index in [-0.39, 0.29) is 28.9 Å². The van der Waals surface area contributed by atoms with Crippen molar-refractivity contribution in [1.29, 1.82) is 0 Å². The highest BCUT2D eigenvalue weighted by molar-refractivity contribution is 14.0. The van der Waals surface area contributed by atoms with E-state index in [1.165, 1.54) is 5.56 Å². The van der Waals surface area contributed by atoms with Crippen LogP contribution < -0.4 is 20.1 Å². The molecule has 7 nitrogen and oxygen atoms in total. The molecular formula is C23H35IN4O3S. The van der Waals surface area contributed by atoms with Crippen LogP contribution in [0.2, 0.25) is 0 Å². The maximum absolute atomic E-state index is 12.8. The molecule has 0 fully saturated rings. The Morgan fingerprint density at radius 2 is 1.75 bits per heavy atom. The van der Waals surface area contributed by atoms with E-state index in [2.05, 4.69) is 33.3 Å². The summed E-state index contributed by atoms with van der Waals surface area (Å²) in [6.45, 7) is 8.50. The highest BCUT2D eigenvalue weighted by atomic mass is 127. The molecule has 0 spiro atoms. The Bertz CT molecular complexity index is 1020. The predicted molar refractivity (Wildman–Crippen MR) is 142 cm³/mol. The lowest BCUT2D eigenvalue weighted by Gasteiger charge is -2.22. The monoisotopic (exact) mass is 574 g/mol. The van der Waals surface area contributed by atoms with Crippen molar-refractivity contribution < 1.29 is 13.2 Å². The molecular weight excluding hydrogens is 539 g/mol. The van der Waals surface area contributed by atoms with Crippen LogP contribution in [-0.2, 0) is 23.0 Å². The second kappa shape index (κ2) is 12.4. The van der Waals surface area contributed by atoms with E-state index in [9.17, 15) is 8.42 Å². The zero-order chi connectivity index (χ0) is 23.1. The molecule has 2 aromatic carbocycles. The van der Waals surface area contributed by atoms with Crippen molar-refractivity contribution in [1.82, 2.24) is 15.4 Å². The number of hydrogen-bond acceptors (Lipinski definition) is 4. The van der Waals surface area contributed by atoms with Gasteiger partial charge in [-0.1, -0.05) is 35.9 Å². The van der Waals surface area contributed by atoms with Crippen molar-refractivity contribution >= 4 is 40.0 Å². The molecule has 0 atom stereocenters. The number of halogens is 1. The van der Waals surface area contributed by atoms with Gasteiger partial charge in [-0.2, -0.15) is 0 Å². The van der Waals surface area contributed by atoms with Crippen LogP contribution in [0.25, 0.3) is 0 Å². The molecule has 178 valence electrons. The van der Waals surface area contributed by atoms with Crippen LogP contribution in [0.1, 0.15) is 37.5 Å². The van der Waals surface area contributed by atoms with Gasteiger partial charge in [0.15, 0.2) is 5.96 Å². The smallest absolute Gasteiger partial charge is 0.241 e. The Hall–Kier alpha value is -1.85. The third-order valence-electron chi connectivity index (χ3n) is 4.50. The lowest BCUT2D eigenvalue weighted by atomic mass is 10.1. The minimum atomic E-state index is -3.63. The van der Waals surface area contributed by atoms with E-state index in [1.54, 1.807) is 32.4 Å². The molecule has 0 aliphatic rings. The van der Waals surface area contributed by atoms with Crippen molar-refractivity contribution in [3.05, 3.63) is 59.2 Å². The van der Waals surface area contributed by atoms with E-state index in [4.69, 9.17) is 4.74 Å². The largest absolute Gasteiger partial charge is 0.496 e. The van der Waals surface area contributed by atoms with Gasteiger partial charge in [0.05, 0.1) is 12.0 Å². The second-order valence-electron chi connectivity index (χ2n) is 8.38. The number of hydrogen-bond donors (Lipinski definition) is 3. The number of aliphatic imine (C=N–C) groups is 1. The predicted octanol–water partition coefficient (Wildman–Crippen LogP) is 3.61. The van der Waals surface area contributed by atoms with E-state index in [0.717, 1.165) is 17.7 Å². The van der Waals surface area contributed by atoms with Crippen LogP contribution in [0.5, 0.6) is 5.75 Å². The molecule has 0 amide bonds. The molecule has 0 unspecified atom stereocenters. The summed E-state index contributed by atoms with van der Waals surface area (Å²) in [5.74, 6) is 1.46. The first kappa shape index (κ1) is 28.2. The summed E-state index contributed by atoms with van der Waals surface area (Å²) in [4.78, 5) is 4.51. The van der Waals surface area contributed by atoms with E-state index < -0.39 is 15.6 Å². The number of sulfonamides is 1. The van der Waals surface area contributed by atoms with Gasteiger partial charge in [0.1, 0.15) is 5.75 Å². The molecule has 0 radical (unpaired) electrons. The average molecular weight is 575 g/mol. The Labute approximate surface area is 209 Å². The highest BCUT2D eigenvalue weighted by Gasteiger charge is 2.24. The van der Waals surface area contributed by atoms with E-state index >= 15 is 0 Å². The van der Waals surface area contributed by atoms with Crippen molar-refractivity contribution in [2.45, 2.75) is 51.1 Å². The van der Waals surface area contributed by atoms with Gasteiger partial charge in [0, 0.05) is 25.7 Å². The van der Waals surface area contributed by atoms with Gasteiger partial charge in [0.2, 0.25) is 10.0 Å². The van der Waals surface area contributed by atoms with Crippen LogP contribution in [-0.4, -0.2) is 40.6 Å². The summed E-state index contributed by atoms with van der Waals surface area (Å²) in [6.07, 6.45) is 0.770. The Morgan fingerprint density at radius 3 is 2.38 bits per heavy atom.